The molecule has 0 saturated carbocycles. The molecule has 3 rings (SSSR count). The highest BCUT2D eigenvalue weighted by atomic mass is 127. The highest BCUT2D eigenvalue weighted by Gasteiger charge is 2.16. The molecule has 0 bridgehead atoms. The fourth-order valence-corrected chi connectivity index (χ4v) is 3.29. The standard InChI is InChI=1S/C17H15IN2/c1-19-17(15-6-2-3-8-16(15)18)14-7-4-5-12-11-20-10-9-13(12)14/h2-11,17,19H,1H3. The molecule has 3 heteroatoms. The largest absolute Gasteiger partial charge is 0.309 e. The highest BCUT2D eigenvalue weighted by Crippen LogP contribution is 2.30. The first-order valence-corrected chi connectivity index (χ1v) is 7.63. The van der Waals surface area contributed by atoms with Gasteiger partial charge in [0.05, 0.1) is 6.04 Å². The molecule has 0 radical (unpaired) electrons. The summed E-state index contributed by atoms with van der Waals surface area (Å²) in [5.74, 6) is 0. The van der Waals surface area contributed by atoms with E-state index in [9.17, 15) is 0 Å². The molecule has 0 aliphatic rings. The number of benzene rings is 2. The van der Waals surface area contributed by atoms with Crippen molar-refractivity contribution in [1.82, 2.24) is 10.3 Å². The number of nitrogens with one attached hydrogen (secondary N) is 1. The van der Waals surface area contributed by atoms with Crippen LogP contribution in [0.4, 0.5) is 0 Å². The number of hydrogen-bond acceptors (Lipinski definition) is 2. The second-order valence-corrected chi connectivity index (χ2v) is 5.85. The van der Waals surface area contributed by atoms with E-state index >= 15 is 0 Å². The molecule has 0 amide bonds. The molecule has 0 spiro atoms. The number of aromatic nitrogens is 1. The number of nitrogens with zero attached hydrogens (tertiary/aromatic N) is 1. The lowest BCUT2D eigenvalue weighted by atomic mass is 9.94. The van der Waals surface area contributed by atoms with Crippen molar-refractivity contribution in [3.05, 3.63) is 75.6 Å². The van der Waals surface area contributed by atoms with Gasteiger partial charge in [-0.3, -0.25) is 4.98 Å². The number of halogens is 1. The molecule has 2 aromatic carbocycles. The maximum Gasteiger partial charge on any atom is 0.0590 e. The lowest BCUT2D eigenvalue weighted by Crippen LogP contribution is -2.19. The summed E-state index contributed by atoms with van der Waals surface area (Å²) in [5.41, 5.74) is 2.59. The van der Waals surface area contributed by atoms with Gasteiger partial charge in [-0.15, -0.1) is 0 Å². The zero-order chi connectivity index (χ0) is 13.9. The third kappa shape index (κ3) is 2.43. The van der Waals surface area contributed by atoms with Crippen molar-refractivity contribution in [2.24, 2.45) is 0 Å². The van der Waals surface area contributed by atoms with E-state index in [1.165, 1.54) is 25.5 Å². The van der Waals surface area contributed by atoms with Gasteiger partial charge in [-0.1, -0.05) is 36.4 Å². The van der Waals surface area contributed by atoms with Crippen LogP contribution in [0, 0.1) is 3.57 Å². The quantitative estimate of drug-likeness (QED) is 0.697. The van der Waals surface area contributed by atoms with E-state index in [1.54, 1.807) is 0 Å². The summed E-state index contributed by atoms with van der Waals surface area (Å²) < 4.78 is 1.27. The maximum absolute atomic E-state index is 4.21. The Bertz CT molecular complexity index is 734. The molecule has 1 atom stereocenters. The van der Waals surface area contributed by atoms with Crippen LogP contribution < -0.4 is 5.32 Å². The lowest BCUT2D eigenvalue weighted by molar-refractivity contribution is 0.693. The van der Waals surface area contributed by atoms with E-state index in [1.807, 2.05) is 19.4 Å². The van der Waals surface area contributed by atoms with Gasteiger partial charge in [0.2, 0.25) is 0 Å². The molecule has 100 valence electrons. The van der Waals surface area contributed by atoms with Crippen LogP contribution in [0.2, 0.25) is 0 Å². The van der Waals surface area contributed by atoms with Gasteiger partial charge in [-0.25, -0.2) is 0 Å². The van der Waals surface area contributed by atoms with Crippen LogP contribution >= 0.6 is 22.6 Å². The Hall–Kier alpha value is -1.46. The Balaban J connectivity index is 2.20. The Labute approximate surface area is 132 Å². The smallest absolute Gasteiger partial charge is 0.0590 e. The summed E-state index contributed by atoms with van der Waals surface area (Å²) in [7, 11) is 2.01. The molecule has 1 heterocycles. The first-order chi connectivity index (χ1) is 9.81. The van der Waals surface area contributed by atoms with Gasteiger partial charge in [0.25, 0.3) is 0 Å². The minimum atomic E-state index is 0.189. The van der Waals surface area contributed by atoms with Crippen LogP contribution in [-0.4, -0.2) is 12.0 Å². The molecular formula is C17H15IN2. The number of pyridine rings is 1. The Morgan fingerprint density at radius 2 is 1.80 bits per heavy atom. The fourth-order valence-electron chi connectivity index (χ4n) is 2.59. The van der Waals surface area contributed by atoms with E-state index in [2.05, 4.69) is 81.4 Å². The molecule has 20 heavy (non-hydrogen) atoms. The minimum Gasteiger partial charge on any atom is -0.309 e. The molecule has 1 N–H and O–H groups in total. The molecule has 0 aliphatic carbocycles. The van der Waals surface area contributed by atoms with Crippen LogP contribution in [0.15, 0.2) is 60.9 Å². The van der Waals surface area contributed by atoms with Crippen LogP contribution in [0.5, 0.6) is 0 Å². The maximum atomic E-state index is 4.21. The van der Waals surface area contributed by atoms with Crippen molar-refractivity contribution in [3.63, 3.8) is 0 Å². The number of rotatable bonds is 3. The molecule has 0 saturated heterocycles. The van der Waals surface area contributed by atoms with Gasteiger partial charge in [0, 0.05) is 21.4 Å². The minimum absolute atomic E-state index is 0.189. The zero-order valence-electron chi connectivity index (χ0n) is 11.2. The topological polar surface area (TPSA) is 24.9 Å². The number of fused-ring (bicyclic) bond motifs is 1. The van der Waals surface area contributed by atoms with Gasteiger partial charge < -0.3 is 5.32 Å². The summed E-state index contributed by atoms with van der Waals surface area (Å²) in [6.45, 7) is 0. The average Bonchev–Trinajstić information content (AvgIpc) is 2.50. The lowest BCUT2D eigenvalue weighted by Gasteiger charge is -2.20. The molecule has 1 unspecified atom stereocenters. The average molecular weight is 374 g/mol. The third-order valence-corrected chi connectivity index (χ3v) is 4.51. The predicted octanol–water partition coefficient (Wildman–Crippen LogP) is 4.15. The Kier molecular flexibility index (Phi) is 3.98. The van der Waals surface area contributed by atoms with E-state index < -0.39 is 0 Å². The predicted molar refractivity (Wildman–Crippen MR) is 91.8 cm³/mol. The first-order valence-electron chi connectivity index (χ1n) is 6.55. The van der Waals surface area contributed by atoms with Crippen molar-refractivity contribution >= 4 is 33.4 Å². The molecule has 1 aromatic heterocycles. The van der Waals surface area contributed by atoms with Crippen LogP contribution in [-0.2, 0) is 0 Å². The summed E-state index contributed by atoms with van der Waals surface area (Å²) in [5, 5.41) is 5.87. The second-order valence-electron chi connectivity index (χ2n) is 4.69. The van der Waals surface area contributed by atoms with Crippen molar-refractivity contribution in [3.8, 4) is 0 Å². The van der Waals surface area contributed by atoms with E-state index in [0.717, 1.165) is 0 Å². The van der Waals surface area contributed by atoms with E-state index in [4.69, 9.17) is 0 Å². The zero-order valence-corrected chi connectivity index (χ0v) is 13.3. The molecule has 0 aliphatic heterocycles. The van der Waals surface area contributed by atoms with Crippen molar-refractivity contribution in [2.45, 2.75) is 6.04 Å². The van der Waals surface area contributed by atoms with Crippen LogP contribution in [0.3, 0.4) is 0 Å². The summed E-state index contributed by atoms with van der Waals surface area (Å²) in [6, 6.07) is 17.2. The number of hydrogen-bond donors (Lipinski definition) is 1. The Morgan fingerprint density at radius 3 is 2.60 bits per heavy atom. The van der Waals surface area contributed by atoms with Crippen molar-refractivity contribution < 1.29 is 0 Å². The summed E-state index contributed by atoms with van der Waals surface area (Å²) >= 11 is 2.40. The summed E-state index contributed by atoms with van der Waals surface area (Å²) in [6.07, 6.45) is 3.77. The molecular weight excluding hydrogens is 359 g/mol. The van der Waals surface area contributed by atoms with Gasteiger partial charge in [-0.05, 0) is 58.3 Å². The monoisotopic (exact) mass is 374 g/mol. The first kappa shape index (κ1) is 13.5. The second kappa shape index (κ2) is 5.89. The molecule has 3 aromatic rings. The van der Waals surface area contributed by atoms with Gasteiger partial charge in [0.15, 0.2) is 0 Å². The van der Waals surface area contributed by atoms with Gasteiger partial charge >= 0.3 is 0 Å². The third-order valence-electron chi connectivity index (χ3n) is 3.53. The molecule has 0 fully saturated rings. The van der Waals surface area contributed by atoms with Crippen molar-refractivity contribution in [1.29, 1.82) is 0 Å². The van der Waals surface area contributed by atoms with Gasteiger partial charge in [0.1, 0.15) is 0 Å². The van der Waals surface area contributed by atoms with E-state index in [0.29, 0.717) is 0 Å². The highest BCUT2D eigenvalue weighted by molar-refractivity contribution is 14.1. The SMILES string of the molecule is CNC(c1ccccc1I)c1cccc2cnccc12. The fraction of sp³-hybridized carbons (Fsp3) is 0.118. The summed E-state index contributed by atoms with van der Waals surface area (Å²) in [4.78, 5) is 4.21. The molecule has 2 nitrogen and oxygen atoms in total. The van der Waals surface area contributed by atoms with Gasteiger partial charge in [-0.2, -0.15) is 0 Å². The Morgan fingerprint density at radius 1 is 1.00 bits per heavy atom. The van der Waals surface area contributed by atoms with Crippen LogP contribution in [0.1, 0.15) is 17.2 Å². The normalized spacial score (nSPS) is 12.5. The van der Waals surface area contributed by atoms with Crippen LogP contribution in [0.25, 0.3) is 10.8 Å². The van der Waals surface area contributed by atoms with Crippen molar-refractivity contribution in [2.75, 3.05) is 7.05 Å². The van der Waals surface area contributed by atoms with E-state index in [-0.39, 0.29) is 6.04 Å².